The van der Waals surface area contributed by atoms with Crippen LogP contribution in [-0.2, 0) is 4.79 Å². The van der Waals surface area contributed by atoms with Gasteiger partial charge in [0.2, 0.25) is 5.91 Å². The lowest BCUT2D eigenvalue weighted by Crippen LogP contribution is -2.24. The molecule has 1 aromatic rings. The predicted octanol–water partition coefficient (Wildman–Crippen LogP) is 2.13. The number of benzene rings is 1. The van der Waals surface area contributed by atoms with Crippen LogP contribution in [-0.4, -0.2) is 32.9 Å². The fraction of sp³-hybridized carbons (Fsp3) is 0.333. The number of nitrogens with zero attached hydrogens (tertiary/aromatic N) is 1. The maximum atomic E-state index is 12.0. The van der Waals surface area contributed by atoms with Gasteiger partial charge in [-0.1, -0.05) is 0 Å². The molecule has 0 spiro atoms. The van der Waals surface area contributed by atoms with Crippen LogP contribution in [0.4, 0.5) is 11.4 Å². The summed E-state index contributed by atoms with van der Waals surface area (Å²) in [7, 11) is 0. The third kappa shape index (κ3) is 3.08. The number of carboxylic acid groups (broad SMARTS) is 1. The van der Waals surface area contributed by atoms with Crippen LogP contribution in [0.1, 0.15) is 23.2 Å². The number of nitro groups is 1. The fourth-order valence-corrected chi connectivity index (χ4v) is 3.09. The number of carbonyl (C=O) groups excluding carboxylic acids is 1. The molecule has 1 aliphatic heterocycles. The van der Waals surface area contributed by atoms with E-state index >= 15 is 0 Å². The van der Waals surface area contributed by atoms with Crippen LogP contribution in [0.25, 0.3) is 0 Å². The highest BCUT2D eigenvalue weighted by Gasteiger charge is 2.25. The van der Waals surface area contributed by atoms with Gasteiger partial charge in [-0.15, -0.1) is 11.8 Å². The molecule has 2 N–H and O–H groups in total. The number of nitro benzene ring substituents is 1. The SMILES string of the molecule is O=C(O)c1ccc([N+](=O)[O-])cc1NC(=O)C1CCCS1. The first-order chi connectivity index (χ1) is 9.49. The van der Waals surface area contributed by atoms with E-state index in [-0.39, 0.29) is 28.1 Å². The summed E-state index contributed by atoms with van der Waals surface area (Å²) in [5, 5.41) is 22.0. The van der Waals surface area contributed by atoms with Crippen LogP contribution in [0.3, 0.4) is 0 Å². The number of aromatic carboxylic acids is 1. The first kappa shape index (κ1) is 14.3. The number of carbonyl (C=O) groups is 2. The molecule has 20 heavy (non-hydrogen) atoms. The number of anilines is 1. The van der Waals surface area contributed by atoms with Crippen LogP contribution < -0.4 is 5.32 Å². The predicted molar refractivity (Wildman–Crippen MR) is 74.2 cm³/mol. The van der Waals surface area contributed by atoms with Crippen molar-refractivity contribution in [2.75, 3.05) is 11.1 Å². The van der Waals surface area contributed by atoms with Gasteiger partial charge < -0.3 is 10.4 Å². The second-order valence-corrected chi connectivity index (χ2v) is 5.59. The zero-order valence-electron chi connectivity index (χ0n) is 10.4. The molecular formula is C12H12N2O5S. The topological polar surface area (TPSA) is 110 Å². The van der Waals surface area contributed by atoms with Crippen molar-refractivity contribution in [2.24, 2.45) is 0 Å². The van der Waals surface area contributed by atoms with Gasteiger partial charge in [0.15, 0.2) is 0 Å². The van der Waals surface area contributed by atoms with Gasteiger partial charge in [0, 0.05) is 12.1 Å². The molecule has 1 heterocycles. The second kappa shape index (κ2) is 5.91. The zero-order valence-corrected chi connectivity index (χ0v) is 11.2. The molecule has 0 aromatic heterocycles. The van der Waals surface area contributed by atoms with E-state index < -0.39 is 10.9 Å². The molecular weight excluding hydrogens is 284 g/mol. The first-order valence-electron chi connectivity index (χ1n) is 5.93. The minimum absolute atomic E-state index is 0.0378. The van der Waals surface area contributed by atoms with Gasteiger partial charge >= 0.3 is 5.97 Å². The molecule has 8 heteroatoms. The highest BCUT2D eigenvalue weighted by atomic mass is 32.2. The zero-order chi connectivity index (χ0) is 14.7. The average molecular weight is 296 g/mol. The van der Waals surface area contributed by atoms with Crippen LogP contribution in [0.2, 0.25) is 0 Å². The van der Waals surface area contributed by atoms with Crippen LogP contribution in [0.5, 0.6) is 0 Å². The van der Waals surface area contributed by atoms with Crippen LogP contribution in [0, 0.1) is 10.1 Å². The van der Waals surface area contributed by atoms with E-state index in [0.29, 0.717) is 0 Å². The minimum Gasteiger partial charge on any atom is -0.478 e. The van der Waals surface area contributed by atoms with E-state index in [9.17, 15) is 19.7 Å². The molecule has 2 rings (SSSR count). The van der Waals surface area contributed by atoms with Crippen molar-refractivity contribution >= 4 is 35.0 Å². The monoisotopic (exact) mass is 296 g/mol. The molecule has 1 amide bonds. The Morgan fingerprint density at radius 3 is 2.75 bits per heavy atom. The van der Waals surface area contributed by atoms with E-state index in [4.69, 9.17) is 5.11 Å². The van der Waals surface area contributed by atoms with Crippen LogP contribution in [0.15, 0.2) is 18.2 Å². The third-order valence-corrected chi connectivity index (χ3v) is 4.30. The number of thioether (sulfide) groups is 1. The van der Waals surface area contributed by atoms with E-state index in [2.05, 4.69) is 5.32 Å². The van der Waals surface area contributed by atoms with Gasteiger partial charge in [-0.2, -0.15) is 0 Å². The summed E-state index contributed by atoms with van der Waals surface area (Å²) in [6.07, 6.45) is 1.66. The Morgan fingerprint density at radius 2 is 2.20 bits per heavy atom. The van der Waals surface area contributed by atoms with Crippen molar-refractivity contribution in [3.05, 3.63) is 33.9 Å². The minimum atomic E-state index is -1.24. The van der Waals surface area contributed by atoms with Crippen molar-refractivity contribution in [2.45, 2.75) is 18.1 Å². The Hall–Kier alpha value is -2.09. The summed E-state index contributed by atoms with van der Waals surface area (Å²) in [5.74, 6) is -0.663. The molecule has 1 unspecified atom stereocenters. The molecule has 106 valence electrons. The Balaban J connectivity index is 2.27. The molecule has 1 atom stereocenters. The number of hydrogen-bond acceptors (Lipinski definition) is 5. The Bertz CT molecular complexity index is 569. The molecule has 1 aliphatic rings. The number of nitrogens with one attached hydrogen (secondary N) is 1. The smallest absolute Gasteiger partial charge is 0.337 e. The molecule has 0 aliphatic carbocycles. The fourth-order valence-electron chi connectivity index (χ4n) is 1.93. The number of hydrogen-bond donors (Lipinski definition) is 2. The molecule has 0 saturated carbocycles. The second-order valence-electron chi connectivity index (χ2n) is 4.28. The largest absolute Gasteiger partial charge is 0.478 e. The van der Waals surface area contributed by atoms with Crippen molar-refractivity contribution in [1.29, 1.82) is 0 Å². The molecule has 0 bridgehead atoms. The molecule has 0 radical (unpaired) electrons. The Labute approximate surface area is 118 Å². The third-order valence-electron chi connectivity index (χ3n) is 2.92. The maximum absolute atomic E-state index is 12.0. The van der Waals surface area contributed by atoms with Gasteiger partial charge in [-0.3, -0.25) is 14.9 Å². The van der Waals surface area contributed by atoms with E-state index in [1.807, 2.05) is 0 Å². The molecule has 1 aromatic carbocycles. The lowest BCUT2D eigenvalue weighted by molar-refractivity contribution is -0.384. The van der Waals surface area contributed by atoms with Crippen molar-refractivity contribution in [3.8, 4) is 0 Å². The van der Waals surface area contributed by atoms with Crippen LogP contribution >= 0.6 is 11.8 Å². The van der Waals surface area contributed by atoms with Gasteiger partial charge in [0.05, 0.1) is 21.4 Å². The number of carboxylic acids is 1. The Kier molecular flexibility index (Phi) is 4.23. The number of non-ortho nitro benzene ring substituents is 1. The number of rotatable bonds is 4. The van der Waals surface area contributed by atoms with Crippen molar-refractivity contribution in [1.82, 2.24) is 0 Å². The summed E-state index contributed by atoms with van der Waals surface area (Å²) in [6.45, 7) is 0. The van der Waals surface area contributed by atoms with Gasteiger partial charge in [0.25, 0.3) is 5.69 Å². The van der Waals surface area contributed by atoms with E-state index in [1.165, 1.54) is 11.8 Å². The standard InChI is InChI=1S/C12H12N2O5S/c15-11(10-2-1-5-20-10)13-9-6-7(14(18)19)3-4-8(9)12(16)17/h3-4,6,10H,1-2,5H2,(H,13,15)(H,16,17). The Morgan fingerprint density at radius 1 is 1.45 bits per heavy atom. The van der Waals surface area contributed by atoms with Crippen molar-refractivity contribution < 1.29 is 19.6 Å². The summed E-state index contributed by atoms with van der Waals surface area (Å²) in [4.78, 5) is 33.1. The highest BCUT2D eigenvalue weighted by Crippen LogP contribution is 2.29. The van der Waals surface area contributed by atoms with Gasteiger partial charge in [-0.25, -0.2) is 4.79 Å². The highest BCUT2D eigenvalue weighted by molar-refractivity contribution is 8.00. The lowest BCUT2D eigenvalue weighted by atomic mass is 10.1. The molecule has 1 fully saturated rings. The summed E-state index contributed by atoms with van der Waals surface area (Å²) < 4.78 is 0. The van der Waals surface area contributed by atoms with Gasteiger partial charge in [0.1, 0.15) is 0 Å². The maximum Gasteiger partial charge on any atom is 0.337 e. The van der Waals surface area contributed by atoms with E-state index in [0.717, 1.165) is 36.8 Å². The lowest BCUT2D eigenvalue weighted by Gasteiger charge is -2.11. The summed E-state index contributed by atoms with van der Waals surface area (Å²) >= 11 is 1.50. The summed E-state index contributed by atoms with van der Waals surface area (Å²) in [6, 6.07) is 3.29. The average Bonchev–Trinajstić information content (AvgIpc) is 2.92. The molecule has 7 nitrogen and oxygen atoms in total. The van der Waals surface area contributed by atoms with E-state index in [1.54, 1.807) is 0 Å². The number of amides is 1. The quantitative estimate of drug-likeness (QED) is 0.650. The normalized spacial score (nSPS) is 17.7. The molecule has 1 saturated heterocycles. The first-order valence-corrected chi connectivity index (χ1v) is 6.98. The van der Waals surface area contributed by atoms with Crippen molar-refractivity contribution in [3.63, 3.8) is 0 Å². The van der Waals surface area contributed by atoms with Gasteiger partial charge in [-0.05, 0) is 24.7 Å². The summed E-state index contributed by atoms with van der Waals surface area (Å²) in [5.41, 5.74) is -0.458.